The Morgan fingerprint density at radius 3 is 2.96 bits per heavy atom. The normalized spacial score (nSPS) is 10.8. The third-order valence-corrected chi connectivity index (χ3v) is 3.79. The van der Waals surface area contributed by atoms with Crippen LogP contribution in [0.4, 0.5) is 10.5 Å². The van der Waals surface area contributed by atoms with Gasteiger partial charge < -0.3 is 10.6 Å². The zero-order valence-corrected chi connectivity index (χ0v) is 13.8. The number of carbonyl (C=O) groups excluding carboxylic acids is 1. The number of carbonyl (C=O) groups is 1. The van der Waals surface area contributed by atoms with Gasteiger partial charge in [0.25, 0.3) is 0 Å². The second kappa shape index (κ2) is 7.01. The lowest BCUT2D eigenvalue weighted by Gasteiger charge is -2.09. The molecule has 4 aromatic rings. The van der Waals surface area contributed by atoms with Gasteiger partial charge in [0.15, 0.2) is 11.5 Å². The smallest absolute Gasteiger partial charge is 0.319 e. The fourth-order valence-electron chi connectivity index (χ4n) is 2.59. The van der Waals surface area contributed by atoms with Gasteiger partial charge in [0.05, 0.1) is 13.1 Å². The number of fused-ring (bicyclic) bond motifs is 1. The van der Waals surface area contributed by atoms with E-state index in [0.29, 0.717) is 18.1 Å². The standard InChI is InChI=1S/C17H16N8O/c26-17(19-9-16-23-22-15-6-1-2-7-25(15)16)21-14-5-3-4-13(8-14)10-24-12-18-11-20-24/h1-8,11-12H,9-10H2,(H2,19,21,26). The maximum Gasteiger partial charge on any atom is 0.319 e. The Morgan fingerprint density at radius 1 is 1.12 bits per heavy atom. The lowest BCUT2D eigenvalue weighted by atomic mass is 10.2. The van der Waals surface area contributed by atoms with Crippen LogP contribution in [-0.4, -0.2) is 35.4 Å². The Hall–Kier alpha value is -3.75. The van der Waals surface area contributed by atoms with E-state index in [9.17, 15) is 4.79 Å². The van der Waals surface area contributed by atoms with E-state index in [2.05, 4.69) is 30.9 Å². The zero-order valence-electron chi connectivity index (χ0n) is 13.8. The molecule has 0 fully saturated rings. The highest BCUT2D eigenvalue weighted by Gasteiger charge is 2.07. The van der Waals surface area contributed by atoms with Crippen LogP contribution in [0.3, 0.4) is 0 Å². The van der Waals surface area contributed by atoms with Crippen molar-refractivity contribution in [1.29, 1.82) is 0 Å². The molecule has 0 atom stereocenters. The second-order valence-corrected chi connectivity index (χ2v) is 5.65. The molecule has 0 aliphatic heterocycles. The number of amides is 2. The third-order valence-electron chi connectivity index (χ3n) is 3.79. The van der Waals surface area contributed by atoms with Crippen molar-refractivity contribution in [1.82, 2.24) is 34.7 Å². The van der Waals surface area contributed by atoms with Crippen LogP contribution in [0, 0.1) is 0 Å². The van der Waals surface area contributed by atoms with Gasteiger partial charge in [-0.3, -0.25) is 4.40 Å². The van der Waals surface area contributed by atoms with Crippen molar-refractivity contribution < 1.29 is 4.79 Å². The summed E-state index contributed by atoms with van der Waals surface area (Å²) in [6.45, 7) is 0.860. The number of hydrogen-bond donors (Lipinski definition) is 2. The van der Waals surface area contributed by atoms with Crippen molar-refractivity contribution in [3.05, 3.63) is 72.7 Å². The van der Waals surface area contributed by atoms with Crippen molar-refractivity contribution in [3.8, 4) is 0 Å². The molecule has 130 valence electrons. The van der Waals surface area contributed by atoms with Crippen LogP contribution < -0.4 is 10.6 Å². The van der Waals surface area contributed by atoms with E-state index in [0.717, 1.165) is 11.2 Å². The summed E-state index contributed by atoms with van der Waals surface area (Å²) in [5, 5.41) is 17.8. The topological polar surface area (TPSA) is 102 Å². The van der Waals surface area contributed by atoms with Crippen molar-refractivity contribution in [3.63, 3.8) is 0 Å². The van der Waals surface area contributed by atoms with Gasteiger partial charge in [-0.1, -0.05) is 18.2 Å². The SMILES string of the molecule is O=C(NCc1nnc2ccccn12)Nc1cccc(Cn2cncn2)c1. The van der Waals surface area contributed by atoms with Gasteiger partial charge >= 0.3 is 6.03 Å². The van der Waals surface area contributed by atoms with Crippen LogP contribution in [0.5, 0.6) is 0 Å². The van der Waals surface area contributed by atoms with E-state index in [-0.39, 0.29) is 12.6 Å². The maximum absolute atomic E-state index is 12.2. The summed E-state index contributed by atoms with van der Waals surface area (Å²) >= 11 is 0. The van der Waals surface area contributed by atoms with Crippen molar-refractivity contribution in [2.75, 3.05) is 5.32 Å². The first kappa shape index (κ1) is 15.8. The molecule has 0 bridgehead atoms. The molecule has 0 saturated heterocycles. The van der Waals surface area contributed by atoms with Crippen LogP contribution in [0.25, 0.3) is 5.65 Å². The Bertz CT molecular complexity index is 1020. The van der Waals surface area contributed by atoms with Gasteiger partial charge in [-0.05, 0) is 29.8 Å². The summed E-state index contributed by atoms with van der Waals surface area (Å²) < 4.78 is 3.55. The third kappa shape index (κ3) is 3.51. The minimum atomic E-state index is -0.310. The molecule has 3 heterocycles. The zero-order chi connectivity index (χ0) is 17.8. The molecule has 3 aromatic heterocycles. The number of benzene rings is 1. The first-order chi connectivity index (χ1) is 12.8. The van der Waals surface area contributed by atoms with Gasteiger partial charge in [0.2, 0.25) is 0 Å². The fourth-order valence-corrected chi connectivity index (χ4v) is 2.59. The molecule has 0 aliphatic rings. The Balaban J connectivity index is 1.37. The van der Waals surface area contributed by atoms with Crippen molar-refractivity contribution in [2.24, 2.45) is 0 Å². The molecule has 0 saturated carbocycles. The summed E-state index contributed by atoms with van der Waals surface area (Å²) in [4.78, 5) is 16.1. The van der Waals surface area contributed by atoms with Gasteiger partial charge in [0.1, 0.15) is 12.7 Å². The molecule has 0 unspecified atom stereocenters. The molecule has 9 nitrogen and oxygen atoms in total. The first-order valence-electron chi connectivity index (χ1n) is 8.03. The van der Waals surface area contributed by atoms with Gasteiger partial charge in [-0.15, -0.1) is 10.2 Å². The Labute approximate surface area is 148 Å². The van der Waals surface area contributed by atoms with Gasteiger partial charge in [0, 0.05) is 11.9 Å². The first-order valence-corrected chi connectivity index (χ1v) is 8.03. The van der Waals surface area contributed by atoms with Gasteiger partial charge in [-0.2, -0.15) is 5.10 Å². The Kier molecular flexibility index (Phi) is 4.25. The highest BCUT2D eigenvalue weighted by atomic mass is 16.2. The molecule has 0 radical (unpaired) electrons. The number of anilines is 1. The van der Waals surface area contributed by atoms with Crippen molar-refractivity contribution >= 4 is 17.4 Å². The summed E-state index contributed by atoms with van der Waals surface area (Å²) in [7, 11) is 0. The molecule has 9 heteroatoms. The molecule has 4 rings (SSSR count). The summed E-state index contributed by atoms with van der Waals surface area (Å²) in [6, 6.07) is 12.9. The minimum absolute atomic E-state index is 0.273. The number of nitrogens with one attached hydrogen (secondary N) is 2. The van der Waals surface area contributed by atoms with Gasteiger partial charge in [-0.25, -0.2) is 14.5 Å². The summed E-state index contributed by atoms with van der Waals surface area (Å²) in [5.74, 6) is 0.663. The molecule has 2 amide bonds. The quantitative estimate of drug-likeness (QED) is 0.571. The largest absolute Gasteiger partial charge is 0.331 e. The molecule has 0 aliphatic carbocycles. The lowest BCUT2D eigenvalue weighted by Crippen LogP contribution is -2.29. The predicted octanol–water partition coefficient (Wildman–Crippen LogP) is 1.69. The van der Waals surface area contributed by atoms with E-state index in [4.69, 9.17) is 0 Å². The lowest BCUT2D eigenvalue weighted by molar-refractivity contribution is 0.251. The Morgan fingerprint density at radius 2 is 2.08 bits per heavy atom. The number of nitrogens with zero attached hydrogens (tertiary/aromatic N) is 6. The number of rotatable bonds is 5. The number of urea groups is 1. The maximum atomic E-state index is 12.2. The highest BCUT2D eigenvalue weighted by molar-refractivity contribution is 5.89. The van der Waals surface area contributed by atoms with Crippen molar-refractivity contribution in [2.45, 2.75) is 13.1 Å². The molecule has 2 N–H and O–H groups in total. The van der Waals surface area contributed by atoms with E-state index >= 15 is 0 Å². The van der Waals surface area contributed by atoms with Crippen LogP contribution in [0.15, 0.2) is 61.3 Å². The average molecular weight is 348 g/mol. The molecular weight excluding hydrogens is 332 g/mol. The van der Waals surface area contributed by atoms with E-state index in [1.807, 2.05) is 53.1 Å². The van der Waals surface area contributed by atoms with Crippen LogP contribution in [0.2, 0.25) is 0 Å². The summed E-state index contributed by atoms with van der Waals surface area (Å²) in [6.07, 6.45) is 5.00. The predicted molar refractivity (Wildman–Crippen MR) is 94.4 cm³/mol. The van der Waals surface area contributed by atoms with Crippen LogP contribution in [0.1, 0.15) is 11.4 Å². The van der Waals surface area contributed by atoms with Crippen LogP contribution >= 0.6 is 0 Å². The summed E-state index contributed by atoms with van der Waals surface area (Å²) in [5.41, 5.74) is 2.45. The average Bonchev–Trinajstić information content (AvgIpc) is 3.30. The number of pyridine rings is 1. The molecular formula is C17H16N8O. The van der Waals surface area contributed by atoms with E-state index < -0.39 is 0 Å². The second-order valence-electron chi connectivity index (χ2n) is 5.65. The molecule has 26 heavy (non-hydrogen) atoms. The minimum Gasteiger partial charge on any atom is -0.331 e. The van der Waals surface area contributed by atoms with E-state index in [1.165, 1.54) is 6.33 Å². The van der Waals surface area contributed by atoms with Crippen LogP contribution in [-0.2, 0) is 13.1 Å². The van der Waals surface area contributed by atoms with E-state index in [1.54, 1.807) is 11.0 Å². The molecule has 0 spiro atoms. The number of aromatic nitrogens is 6. The molecule has 1 aromatic carbocycles. The number of hydrogen-bond acceptors (Lipinski definition) is 5. The highest BCUT2D eigenvalue weighted by Crippen LogP contribution is 2.11. The monoisotopic (exact) mass is 348 g/mol. The fraction of sp³-hybridized carbons (Fsp3) is 0.118.